The first-order chi connectivity index (χ1) is 9.70. The Morgan fingerprint density at radius 2 is 1.55 bits per heavy atom. The highest BCUT2D eigenvalue weighted by molar-refractivity contribution is 5.58. The normalized spacial score (nSPS) is 13.2. The van der Waals surface area contributed by atoms with Crippen LogP contribution in [0.3, 0.4) is 0 Å². The summed E-state index contributed by atoms with van der Waals surface area (Å²) in [5, 5.41) is 0. The number of anilines is 1. The van der Waals surface area contributed by atoms with Crippen LogP contribution in [0.5, 0.6) is 0 Å². The minimum Gasteiger partial charge on any atom is -0.319 e. The topological polar surface area (TPSA) is 3.24 Å². The number of hydrogen-bond donors (Lipinski definition) is 0. The van der Waals surface area contributed by atoms with E-state index in [1.807, 2.05) is 31.2 Å². The Bertz CT molecular complexity index is 530. The van der Waals surface area contributed by atoms with Crippen LogP contribution in [0.2, 0.25) is 0 Å². The molecular formula is C19H23N. The number of nitrogens with zero attached hydrogens (tertiary/aromatic N) is 1. The highest BCUT2D eigenvalue weighted by Gasteiger charge is 2.08. The summed E-state index contributed by atoms with van der Waals surface area (Å²) in [6.07, 6.45) is 14.0. The summed E-state index contributed by atoms with van der Waals surface area (Å²) in [4.78, 5) is 2.23. The van der Waals surface area contributed by atoms with E-state index in [1.165, 1.54) is 5.70 Å². The van der Waals surface area contributed by atoms with Crippen LogP contribution in [0.1, 0.15) is 20.8 Å². The van der Waals surface area contributed by atoms with Gasteiger partial charge in [0, 0.05) is 17.1 Å². The van der Waals surface area contributed by atoms with Crippen molar-refractivity contribution in [2.45, 2.75) is 20.8 Å². The van der Waals surface area contributed by atoms with Crippen LogP contribution in [0, 0.1) is 0 Å². The van der Waals surface area contributed by atoms with Crippen LogP contribution in [0.15, 0.2) is 90.8 Å². The van der Waals surface area contributed by atoms with Crippen molar-refractivity contribution in [2.24, 2.45) is 0 Å². The first-order valence-corrected chi connectivity index (χ1v) is 6.81. The van der Waals surface area contributed by atoms with E-state index in [1.54, 1.807) is 6.08 Å². The number of allylic oxidation sites excluding steroid dienone is 9. The summed E-state index contributed by atoms with van der Waals surface area (Å²) in [5.41, 5.74) is 3.49. The van der Waals surface area contributed by atoms with Gasteiger partial charge in [0.25, 0.3) is 0 Å². The number of rotatable bonds is 6. The molecule has 1 aromatic carbocycles. The molecule has 0 N–H and O–H groups in total. The lowest BCUT2D eigenvalue weighted by Gasteiger charge is -2.26. The SMILES string of the molecule is C=C/C=C\C=C(/C)N(/C(C)=C/C=C\C)c1ccccc1. The lowest BCUT2D eigenvalue weighted by molar-refractivity contribution is 1.06. The second kappa shape index (κ2) is 8.76. The predicted octanol–water partition coefficient (Wildman–Crippen LogP) is 5.62. The van der Waals surface area contributed by atoms with Gasteiger partial charge in [0.1, 0.15) is 0 Å². The van der Waals surface area contributed by atoms with Crippen molar-refractivity contribution >= 4 is 5.69 Å². The smallest absolute Gasteiger partial charge is 0.0454 e. The fourth-order valence-corrected chi connectivity index (χ4v) is 1.92. The van der Waals surface area contributed by atoms with Crippen molar-refractivity contribution in [1.29, 1.82) is 0 Å². The zero-order valence-corrected chi connectivity index (χ0v) is 12.6. The lowest BCUT2D eigenvalue weighted by atomic mass is 10.2. The van der Waals surface area contributed by atoms with Gasteiger partial charge in [-0.2, -0.15) is 0 Å². The van der Waals surface area contributed by atoms with Crippen molar-refractivity contribution in [3.05, 3.63) is 90.8 Å². The maximum Gasteiger partial charge on any atom is 0.0454 e. The van der Waals surface area contributed by atoms with E-state index in [0.717, 1.165) is 11.4 Å². The van der Waals surface area contributed by atoms with Gasteiger partial charge in [-0.25, -0.2) is 0 Å². The molecule has 0 spiro atoms. The molecule has 0 radical (unpaired) electrons. The molecule has 0 amide bonds. The molecule has 1 aromatic rings. The van der Waals surface area contributed by atoms with Crippen LogP contribution in [0.25, 0.3) is 0 Å². The number of hydrogen-bond acceptors (Lipinski definition) is 1. The van der Waals surface area contributed by atoms with Gasteiger partial charge in [0.15, 0.2) is 0 Å². The highest BCUT2D eigenvalue weighted by atomic mass is 15.1. The fraction of sp³-hybridized carbons (Fsp3) is 0.158. The maximum absolute atomic E-state index is 3.69. The summed E-state index contributed by atoms with van der Waals surface area (Å²) in [6, 6.07) is 10.4. The van der Waals surface area contributed by atoms with E-state index < -0.39 is 0 Å². The van der Waals surface area contributed by atoms with Gasteiger partial charge in [0.05, 0.1) is 0 Å². The molecular weight excluding hydrogens is 242 g/mol. The molecule has 0 saturated heterocycles. The van der Waals surface area contributed by atoms with E-state index in [4.69, 9.17) is 0 Å². The molecule has 0 aromatic heterocycles. The largest absolute Gasteiger partial charge is 0.319 e. The van der Waals surface area contributed by atoms with Crippen molar-refractivity contribution < 1.29 is 0 Å². The maximum atomic E-state index is 3.69. The summed E-state index contributed by atoms with van der Waals surface area (Å²) in [7, 11) is 0. The van der Waals surface area contributed by atoms with Crippen LogP contribution >= 0.6 is 0 Å². The molecule has 1 rings (SSSR count). The first kappa shape index (κ1) is 15.8. The van der Waals surface area contributed by atoms with Gasteiger partial charge in [-0.1, -0.05) is 55.2 Å². The Morgan fingerprint density at radius 1 is 0.950 bits per heavy atom. The third-order valence-corrected chi connectivity index (χ3v) is 2.83. The summed E-state index contributed by atoms with van der Waals surface area (Å²) in [6.45, 7) is 9.92. The molecule has 1 nitrogen and oxygen atoms in total. The van der Waals surface area contributed by atoms with Gasteiger partial charge < -0.3 is 4.90 Å². The van der Waals surface area contributed by atoms with Crippen molar-refractivity contribution in [2.75, 3.05) is 4.90 Å². The Balaban J connectivity index is 3.17. The summed E-state index contributed by atoms with van der Waals surface area (Å²) >= 11 is 0. The van der Waals surface area contributed by atoms with Crippen LogP contribution in [0.4, 0.5) is 5.69 Å². The summed E-state index contributed by atoms with van der Waals surface area (Å²) in [5.74, 6) is 0. The molecule has 0 aliphatic heterocycles. The standard InChI is InChI=1S/C19H23N/c1-5-7-10-14-18(4)20(17(3)13-8-6-2)19-15-11-9-12-16-19/h5-16H,1H2,2-4H3/b8-6-,10-7-,17-13+,18-14+. The molecule has 0 atom stereocenters. The van der Waals surface area contributed by atoms with E-state index in [9.17, 15) is 0 Å². The molecule has 0 fully saturated rings. The van der Waals surface area contributed by atoms with Gasteiger partial charge >= 0.3 is 0 Å². The minimum atomic E-state index is 1.16. The monoisotopic (exact) mass is 265 g/mol. The molecule has 0 unspecified atom stereocenters. The Morgan fingerprint density at radius 3 is 2.10 bits per heavy atom. The summed E-state index contributed by atoms with van der Waals surface area (Å²) < 4.78 is 0. The molecule has 104 valence electrons. The van der Waals surface area contributed by atoms with Crippen molar-refractivity contribution in [1.82, 2.24) is 0 Å². The van der Waals surface area contributed by atoms with Crippen LogP contribution in [-0.4, -0.2) is 0 Å². The second-order valence-corrected chi connectivity index (χ2v) is 4.43. The number of benzene rings is 1. The average molecular weight is 265 g/mol. The van der Waals surface area contributed by atoms with Crippen molar-refractivity contribution in [3.63, 3.8) is 0 Å². The van der Waals surface area contributed by atoms with E-state index in [2.05, 4.69) is 67.8 Å². The number of para-hydroxylation sites is 1. The van der Waals surface area contributed by atoms with Crippen LogP contribution in [-0.2, 0) is 0 Å². The van der Waals surface area contributed by atoms with E-state index >= 15 is 0 Å². The average Bonchev–Trinajstić information content (AvgIpc) is 2.47. The molecule has 20 heavy (non-hydrogen) atoms. The Labute approximate surface area is 122 Å². The van der Waals surface area contributed by atoms with Gasteiger partial charge in [-0.15, -0.1) is 0 Å². The Kier molecular flexibility index (Phi) is 6.91. The minimum absolute atomic E-state index is 1.16. The third kappa shape index (κ3) is 4.77. The van der Waals surface area contributed by atoms with E-state index in [-0.39, 0.29) is 0 Å². The molecule has 0 saturated carbocycles. The predicted molar refractivity (Wildman–Crippen MR) is 90.6 cm³/mol. The molecule has 0 heterocycles. The third-order valence-electron chi connectivity index (χ3n) is 2.83. The molecule has 0 aliphatic carbocycles. The van der Waals surface area contributed by atoms with Gasteiger partial charge in [-0.05, 0) is 45.1 Å². The zero-order valence-electron chi connectivity index (χ0n) is 12.6. The van der Waals surface area contributed by atoms with Gasteiger partial charge in [0.2, 0.25) is 0 Å². The highest BCUT2D eigenvalue weighted by Crippen LogP contribution is 2.23. The molecule has 0 bridgehead atoms. The Hall–Kier alpha value is -2.28. The molecule has 1 heteroatoms. The quantitative estimate of drug-likeness (QED) is 0.603. The van der Waals surface area contributed by atoms with Gasteiger partial charge in [-0.3, -0.25) is 0 Å². The lowest BCUT2D eigenvalue weighted by Crippen LogP contribution is -2.18. The molecule has 0 aliphatic rings. The zero-order chi connectivity index (χ0) is 14.8. The van der Waals surface area contributed by atoms with Crippen LogP contribution < -0.4 is 4.90 Å². The second-order valence-electron chi connectivity index (χ2n) is 4.43. The fourth-order valence-electron chi connectivity index (χ4n) is 1.92. The van der Waals surface area contributed by atoms with E-state index in [0.29, 0.717) is 0 Å². The first-order valence-electron chi connectivity index (χ1n) is 6.81. The van der Waals surface area contributed by atoms with Crippen molar-refractivity contribution in [3.8, 4) is 0 Å².